The molecule has 2 aromatic rings. The minimum atomic E-state index is -3.49. The Hall–Kier alpha value is -2.12. The van der Waals surface area contributed by atoms with Crippen LogP contribution in [0.1, 0.15) is 10.4 Å². The zero-order valence-electron chi connectivity index (χ0n) is 12.4. The van der Waals surface area contributed by atoms with Gasteiger partial charge in [-0.3, -0.25) is 14.1 Å². The Kier molecular flexibility index (Phi) is 5.57. The molecule has 0 aliphatic rings. The van der Waals surface area contributed by atoms with Gasteiger partial charge in [-0.2, -0.15) is 0 Å². The molecule has 1 heterocycles. The quantitative estimate of drug-likeness (QED) is 0.860. The van der Waals surface area contributed by atoms with E-state index in [1.807, 2.05) is 0 Å². The lowest BCUT2D eigenvalue weighted by Crippen LogP contribution is -2.38. The van der Waals surface area contributed by atoms with Crippen molar-refractivity contribution in [3.05, 3.63) is 59.4 Å². The van der Waals surface area contributed by atoms with Crippen LogP contribution in [0.3, 0.4) is 0 Å². The number of carbonyl (C=O) groups excluding carboxylic acids is 1. The summed E-state index contributed by atoms with van der Waals surface area (Å²) in [5.74, 6) is -0.308. The topological polar surface area (TPSA) is 79.4 Å². The molecule has 0 aliphatic heterocycles. The predicted octanol–water partition coefficient (Wildman–Crippen LogP) is 1.93. The molecule has 0 spiro atoms. The fraction of sp³-hybridized carbons (Fsp3) is 0.200. The Morgan fingerprint density at radius 1 is 1.30 bits per heavy atom. The average molecular weight is 354 g/mol. The molecule has 8 heteroatoms. The van der Waals surface area contributed by atoms with E-state index in [9.17, 15) is 13.2 Å². The van der Waals surface area contributed by atoms with Crippen molar-refractivity contribution in [3.63, 3.8) is 0 Å². The summed E-state index contributed by atoms with van der Waals surface area (Å²) in [6.45, 7) is 0.262. The Bertz CT molecular complexity index is 782. The number of benzene rings is 1. The van der Waals surface area contributed by atoms with E-state index in [0.717, 1.165) is 6.26 Å². The number of rotatable bonds is 6. The Balaban J connectivity index is 2.04. The molecule has 0 atom stereocenters. The van der Waals surface area contributed by atoms with E-state index >= 15 is 0 Å². The lowest BCUT2D eigenvalue weighted by atomic mass is 10.3. The molecule has 0 saturated heterocycles. The van der Waals surface area contributed by atoms with Crippen LogP contribution in [0.5, 0.6) is 0 Å². The summed E-state index contributed by atoms with van der Waals surface area (Å²) in [7, 11) is -3.49. The number of halogens is 1. The van der Waals surface area contributed by atoms with Crippen molar-refractivity contribution in [2.75, 3.05) is 23.7 Å². The van der Waals surface area contributed by atoms with E-state index in [1.165, 1.54) is 10.5 Å². The number of hydrogen-bond acceptors (Lipinski definition) is 4. The number of carbonyl (C=O) groups is 1. The van der Waals surface area contributed by atoms with Crippen LogP contribution < -0.4 is 9.62 Å². The highest BCUT2D eigenvalue weighted by Crippen LogP contribution is 2.21. The molecule has 0 saturated carbocycles. The summed E-state index contributed by atoms with van der Waals surface area (Å²) in [6.07, 6.45) is 4.12. The van der Waals surface area contributed by atoms with Crippen molar-refractivity contribution in [1.82, 2.24) is 10.3 Å². The van der Waals surface area contributed by atoms with Crippen LogP contribution in [-0.4, -0.2) is 38.7 Å². The van der Waals surface area contributed by atoms with E-state index in [1.54, 1.807) is 42.6 Å². The maximum Gasteiger partial charge on any atom is 0.252 e. The van der Waals surface area contributed by atoms with Crippen molar-refractivity contribution in [1.29, 1.82) is 0 Å². The number of aromatic nitrogens is 1. The third kappa shape index (κ3) is 4.94. The highest BCUT2D eigenvalue weighted by atomic mass is 35.5. The molecule has 0 aliphatic carbocycles. The van der Waals surface area contributed by atoms with Crippen molar-refractivity contribution < 1.29 is 13.2 Å². The first kappa shape index (κ1) is 17.2. The maximum absolute atomic E-state index is 11.9. The molecule has 1 N–H and O–H groups in total. The lowest BCUT2D eigenvalue weighted by Gasteiger charge is -2.22. The summed E-state index contributed by atoms with van der Waals surface area (Å²) >= 11 is 5.91. The van der Waals surface area contributed by atoms with Gasteiger partial charge in [-0.25, -0.2) is 8.42 Å². The Morgan fingerprint density at radius 3 is 2.70 bits per heavy atom. The highest BCUT2D eigenvalue weighted by Gasteiger charge is 2.17. The second-order valence-electron chi connectivity index (χ2n) is 4.81. The van der Waals surface area contributed by atoms with Gasteiger partial charge < -0.3 is 5.32 Å². The van der Waals surface area contributed by atoms with Crippen LogP contribution in [-0.2, 0) is 10.0 Å². The van der Waals surface area contributed by atoms with Gasteiger partial charge in [0.25, 0.3) is 5.91 Å². The smallest absolute Gasteiger partial charge is 0.252 e. The molecule has 1 aromatic heterocycles. The van der Waals surface area contributed by atoms with Gasteiger partial charge in [-0.1, -0.05) is 17.7 Å². The first-order valence-corrected chi connectivity index (χ1v) is 9.02. The average Bonchev–Trinajstić information content (AvgIpc) is 2.51. The molecule has 0 fully saturated rings. The maximum atomic E-state index is 11.9. The monoisotopic (exact) mass is 353 g/mol. The molecular weight excluding hydrogens is 338 g/mol. The van der Waals surface area contributed by atoms with Crippen LogP contribution in [0.25, 0.3) is 0 Å². The summed E-state index contributed by atoms with van der Waals surface area (Å²) in [5, 5.41) is 3.11. The van der Waals surface area contributed by atoms with Gasteiger partial charge in [0.05, 0.1) is 24.1 Å². The largest absolute Gasteiger partial charge is 0.350 e. The first-order valence-electron chi connectivity index (χ1n) is 6.79. The first-order chi connectivity index (χ1) is 10.9. The SMILES string of the molecule is CS(=O)(=O)N(CCNC(=O)c1cccnc1)c1cccc(Cl)c1. The molecule has 1 aromatic carbocycles. The molecule has 0 bridgehead atoms. The van der Waals surface area contributed by atoms with Gasteiger partial charge in [0.1, 0.15) is 0 Å². The molecule has 2 rings (SSSR count). The number of nitrogens with zero attached hydrogens (tertiary/aromatic N) is 2. The second kappa shape index (κ2) is 7.43. The van der Waals surface area contributed by atoms with Gasteiger partial charge in [-0.15, -0.1) is 0 Å². The molecular formula is C15H16ClN3O3S. The number of nitrogens with one attached hydrogen (secondary N) is 1. The summed E-state index contributed by atoms with van der Waals surface area (Å²) in [4.78, 5) is 15.8. The molecule has 23 heavy (non-hydrogen) atoms. The number of pyridine rings is 1. The van der Waals surface area contributed by atoms with E-state index in [-0.39, 0.29) is 19.0 Å². The zero-order chi connectivity index (χ0) is 16.9. The lowest BCUT2D eigenvalue weighted by molar-refractivity contribution is 0.0954. The van der Waals surface area contributed by atoms with Crippen molar-refractivity contribution >= 4 is 33.2 Å². The summed E-state index contributed by atoms with van der Waals surface area (Å²) in [5.41, 5.74) is 0.872. The van der Waals surface area contributed by atoms with Crippen molar-refractivity contribution in [2.24, 2.45) is 0 Å². The van der Waals surface area contributed by atoms with Gasteiger partial charge in [0.2, 0.25) is 10.0 Å². The van der Waals surface area contributed by atoms with Crippen molar-refractivity contribution in [3.8, 4) is 0 Å². The number of sulfonamides is 1. The van der Waals surface area contributed by atoms with Crippen LogP contribution in [0, 0.1) is 0 Å². The van der Waals surface area contributed by atoms with Gasteiger partial charge in [0, 0.05) is 24.0 Å². The van der Waals surface area contributed by atoms with Crippen LogP contribution in [0.4, 0.5) is 5.69 Å². The second-order valence-corrected chi connectivity index (χ2v) is 7.16. The minimum absolute atomic E-state index is 0.102. The minimum Gasteiger partial charge on any atom is -0.350 e. The zero-order valence-corrected chi connectivity index (χ0v) is 14.0. The highest BCUT2D eigenvalue weighted by molar-refractivity contribution is 7.92. The molecule has 0 unspecified atom stereocenters. The number of anilines is 1. The normalized spacial score (nSPS) is 11.0. The number of amides is 1. The van der Waals surface area contributed by atoms with E-state index < -0.39 is 10.0 Å². The van der Waals surface area contributed by atoms with Crippen LogP contribution >= 0.6 is 11.6 Å². The fourth-order valence-electron chi connectivity index (χ4n) is 1.99. The predicted molar refractivity (Wildman–Crippen MR) is 90.2 cm³/mol. The standard InChI is InChI=1S/C15H16ClN3O3S/c1-23(21,22)19(14-6-2-5-13(16)10-14)9-8-18-15(20)12-4-3-7-17-11-12/h2-7,10-11H,8-9H2,1H3,(H,18,20). The fourth-order valence-corrected chi connectivity index (χ4v) is 3.09. The van der Waals surface area contributed by atoms with Crippen LogP contribution in [0.2, 0.25) is 5.02 Å². The Labute approximate surface area is 140 Å². The van der Waals surface area contributed by atoms with E-state index in [2.05, 4.69) is 10.3 Å². The molecule has 122 valence electrons. The number of hydrogen-bond donors (Lipinski definition) is 1. The van der Waals surface area contributed by atoms with Crippen molar-refractivity contribution in [2.45, 2.75) is 0 Å². The molecule has 6 nitrogen and oxygen atoms in total. The third-order valence-corrected chi connectivity index (χ3v) is 4.45. The van der Waals surface area contributed by atoms with E-state index in [0.29, 0.717) is 16.3 Å². The summed E-state index contributed by atoms with van der Waals surface area (Å²) < 4.78 is 25.1. The van der Waals surface area contributed by atoms with Gasteiger partial charge >= 0.3 is 0 Å². The molecule has 0 radical (unpaired) electrons. The van der Waals surface area contributed by atoms with E-state index in [4.69, 9.17) is 11.6 Å². The molecule has 1 amide bonds. The Morgan fingerprint density at radius 2 is 2.09 bits per heavy atom. The third-order valence-electron chi connectivity index (χ3n) is 3.02. The summed E-state index contributed by atoms with van der Waals surface area (Å²) in [6, 6.07) is 9.83. The van der Waals surface area contributed by atoms with Crippen LogP contribution in [0.15, 0.2) is 48.8 Å². The van der Waals surface area contributed by atoms with Gasteiger partial charge in [-0.05, 0) is 30.3 Å². The van der Waals surface area contributed by atoms with Gasteiger partial charge in [0.15, 0.2) is 0 Å².